The summed E-state index contributed by atoms with van der Waals surface area (Å²) in [6.45, 7) is 2.41. The number of nitrogens with one attached hydrogen (secondary N) is 3. The minimum Gasteiger partial charge on any atom is -0.369 e. The van der Waals surface area contributed by atoms with E-state index in [9.17, 15) is 4.79 Å². The Balaban J connectivity index is 1.76. The largest absolute Gasteiger partial charge is 0.369 e. The van der Waals surface area contributed by atoms with Gasteiger partial charge in [-0.3, -0.25) is 5.10 Å². The monoisotopic (exact) mass is 260 g/mol. The van der Waals surface area contributed by atoms with Crippen molar-refractivity contribution in [2.75, 3.05) is 11.9 Å². The van der Waals surface area contributed by atoms with Crippen LogP contribution in [0.25, 0.3) is 5.65 Å². The number of fused-ring (bicyclic) bond motifs is 1. The fourth-order valence-corrected chi connectivity index (χ4v) is 1.85. The van der Waals surface area contributed by atoms with Gasteiger partial charge >= 0.3 is 5.69 Å². The summed E-state index contributed by atoms with van der Waals surface area (Å²) in [5.74, 6) is 2.06. The lowest BCUT2D eigenvalue weighted by Gasteiger charge is -2.05. The van der Waals surface area contributed by atoms with E-state index in [2.05, 4.69) is 35.7 Å². The van der Waals surface area contributed by atoms with E-state index < -0.39 is 0 Å². The fourth-order valence-electron chi connectivity index (χ4n) is 1.85. The van der Waals surface area contributed by atoms with Crippen LogP contribution in [0.2, 0.25) is 0 Å². The summed E-state index contributed by atoms with van der Waals surface area (Å²) in [5, 5.41) is 16.0. The van der Waals surface area contributed by atoms with Crippen LogP contribution in [0.3, 0.4) is 0 Å². The first-order chi connectivity index (χ1) is 9.24. The van der Waals surface area contributed by atoms with E-state index in [0.29, 0.717) is 30.3 Å². The minimum atomic E-state index is -0.284. The third-order valence-electron chi connectivity index (χ3n) is 2.70. The summed E-state index contributed by atoms with van der Waals surface area (Å²) in [6, 6.07) is 1.71. The molecule has 0 aliphatic heterocycles. The van der Waals surface area contributed by atoms with Gasteiger partial charge in [0.15, 0.2) is 5.65 Å². The van der Waals surface area contributed by atoms with E-state index in [1.54, 1.807) is 13.0 Å². The van der Waals surface area contributed by atoms with Crippen LogP contribution < -0.4 is 11.0 Å². The highest BCUT2D eigenvalue weighted by atomic mass is 16.1. The third-order valence-corrected chi connectivity index (χ3v) is 2.70. The minimum absolute atomic E-state index is 0.284. The molecule has 3 rings (SSSR count). The first-order valence-corrected chi connectivity index (χ1v) is 5.77. The molecule has 0 radical (unpaired) electrons. The summed E-state index contributed by atoms with van der Waals surface area (Å²) in [6.07, 6.45) is 2.18. The fraction of sp³-hybridized carbons (Fsp3) is 0.300. The lowest BCUT2D eigenvalue weighted by atomic mass is 10.4. The predicted molar refractivity (Wildman–Crippen MR) is 66.9 cm³/mol. The molecule has 0 saturated carbocycles. The molecule has 3 aromatic rings. The molecule has 19 heavy (non-hydrogen) atoms. The molecule has 0 fully saturated rings. The van der Waals surface area contributed by atoms with Crippen molar-refractivity contribution in [2.24, 2.45) is 0 Å². The first-order valence-electron chi connectivity index (χ1n) is 5.77. The first kappa shape index (κ1) is 11.4. The number of anilines is 1. The Bertz CT molecular complexity index is 741. The van der Waals surface area contributed by atoms with Crippen molar-refractivity contribution in [1.29, 1.82) is 0 Å². The van der Waals surface area contributed by atoms with Gasteiger partial charge in [-0.1, -0.05) is 0 Å². The maximum atomic E-state index is 11.4. The van der Waals surface area contributed by atoms with Crippen molar-refractivity contribution in [3.63, 3.8) is 0 Å². The summed E-state index contributed by atoms with van der Waals surface area (Å²) in [5.41, 5.74) is 0.257. The Hall–Kier alpha value is -2.71. The lowest BCUT2D eigenvalue weighted by molar-refractivity contribution is 0.887. The molecule has 3 heterocycles. The maximum Gasteiger partial charge on any atom is 0.349 e. The van der Waals surface area contributed by atoms with E-state index in [0.717, 1.165) is 5.82 Å². The highest BCUT2D eigenvalue weighted by molar-refractivity contribution is 5.49. The quantitative estimate of drug-likeness (QED) is 0.582. The zero-order valence-electron chi connectivity index (χ0n) is 10.2. The molecular weight excluding hydrogens is 248 g/mol. The SMILES string of the molecule is Cc1nc(NCCc2ncn[nH]2)cc2n[nH]c(=O)n12. The van der Waals surface area contributed by atoms with Gasteiger partial charge in [-0.15, -0.1) is 0 Å². The number of aromatic amines is 2. The molecule has 0 aromatic carbocycles. The lowest BCUT2D eigenvalue weighted by Crippen LogP contribution is -2.15. The van der Waals surface area contributed by atoms with Crippen LogP contribution in [0, 0.1) is 6.92 Å². The number of aromatic nitrogens is 7. The van der Waals surface area contributed by atoms with Crippen molar-refractivity contribution >= 4 is 11.5 Å². The molecule has 9 heteroatoms. The Kier molecular flexibility index (Phi) is 2.71. The van der Waals surface area contributed by atoms with E-state index in [4.69, 9.17) is 0 Å². The van der Waals surface area contributed by atoms with Crippen molar-refractivity contribution in [2.45, 2.75) is 13.3 Å². The third kappa shape index (κ3) is 2.17. The van der Waals surface area contributed by atoms with Gasteiger partial charge in [0.1, 0.15) is 23.8 Å². The number of hydrogen-bond acceptors (Lipinski definition) is 6. The van der Waals surface area contributed by atoms with Gasteiger partial charge in [-0.25, -0.2) is 24.3 Å². The second-order valence-corrected chi connectivity index (χ2v) is 4.02. The Morgan fingerprint density at radius 2 is 2.32 bits per heavy atom. The Morgan fingerprint density at radius 1 is 1.42 bits per heavy atom. The summed E-state index contributed by atoms with van der Waals surface area (Å²) in [7, 11) is 0. The molecule has 0 bridgehead atoms. The summed E-state index contributed by atoms with van der Waals surface area (Å²) < 4.78 is 1.42. The topological polar surface area (TPSA) is 117 Å². The van der Waals surface area contributed by atoms with Gasteiger partial charge in [0.05, 0.1) is 0 Å². The highest BCUT2D eigenvalue weighted by Gasteiger charge is 2.06. The normalized spacial score (nSPS) is 11.0. The average molecular weight is 260 g/mol. The van der Waals surface area contributed by atoms with Gasteiger partial charge in [-0.2, -0.15) is 10.2 Å². The van der Waals surface area contributed by atoms with Gasteiger partial charge in [-0.05, 0) is 6.92 Å². The predicted octanol–water partition coefficient (Wildman–Crippen LogP) is -0.501. The van der Waals surface area contributed by atoms with Gasteiger partial charge in [0.25, 0.3) is 0 Å². The number of hydrogen-bond donors (Lipinski definition) is 3. The van der Waals surface area contributed by atoms with E-state index in [-0.39, 0.29) is 5.69 Å². The van der Waals surface area contributed by atoms with Crippen molar-refractivity contribution < 1.29 is 0 Å². The molecule has 98 valence electrons. The van der Waals surface area contributed by atoms with Crippen molar-refractivity contribution in [3.05, 3.63) is 34.5 Å². The molecule has 0 spiro atoms. The van der Waals surface area contributed by atoms with Crippen molar-refractivity contribution in [1.82, 2.24) is 34.8 Å². The van der Waals surface area contributed by atoms with E-state index in [1.165, 1.54) is 10.7 Å². The maximum absolute atomic E-state index is 11.4. The van der Waals surface area contributed by atoms with Gasteiger partial charge < -0.3 is 5.32 Å². The van der Waals surface area contributed by atoms with Crippen LogP contribution in [0.1, 0.15) is 11.6 Å². The molecule has 0 aliphatic rings. The van der Waals surface area contributed by atoms with Crippen LogP contribution in [0.5, 0.6) is 0 Å². The Morgan fingerprint density at radius 3 is 3.11 bits per heavy atom. The van der Waals surface area contributed by atoms with Crippen molar-refractivity contribution in [3.8, 4) is 0 Å². The number of aryl methyl sites for hydroxylation is 1. The molecular formula is C10H12N8O. The molecule has 0 amide bonds. The van der Waals surface area contributed by atoms with Gasteiger partial charge in [0, 0.05) is 19.0 Å². The highest BCUT2D eigenvalue weighted by Crippen LogP contribution is 2.07. The number of H-pyrrole nitrogens is 2. The molecule has 0 unspecified atom stereocenters. The number of nitrogens with zero attached hydrogens (tertiary/aromatic N) is 5. The zero-order valence-corrected chi connectivity index (χ0v) is 10.2. The van der Waals surface area contributed by atoms with E-state index >= 15 is 0 Å². The smallest absolute Gasteiger partial charge is 0.349 e. The summed E-state index contributed by atoms with van der Waals surface area (Å²) >= 11 is 0. The van der Waals surface area contributed by atoms with Crippen LogP contribution >= 0.6 is 0 Å². The van der Waals surface area contributed by atoms with Crippen LogP contribution in [0.4, 0.5) is 5.82 Å². The molecule has 0 aliphatic carbocycles. The van der Waals surface area contributed by atoms with Crippen LogP contribution in [-0.4, -0.2) is 41.3 Å². The van der Waals surface area contributed by atoms with Crippen LogP contribution in [-0.2, 0) is 6.42 Å². The zero-order chi connectivity index (χ0) is 13.2. The van der Waals surface area contributed by atoms with Gasteiger partial charge in [0.2, 0.25) is 0 Å². The second kappa shape index (κ2) is 4.52. The number of rotatable bonds is 4. The molecule has 0 atom stereocenters. The molecule has 9 nitrogen and oxygen atoms in total. The molecule has 0 saturated heterocycles. The average Bonchev–Trinajstić information content (AvgIpc) is 3.00. The Labute approximate surface area is 107 Å². The molecule has 3 N–H and O–H groups in total. The van der Waals surface area contributed by atoms with E-state index in [1.807, 2.05) is 0 Å². The second-order valence-electron chi connectivity index (χ2n) is 4.02. The standard InChI is InChI=1S/C10H12N8O/c1-6-14-8(4-9-16-17-10(19)18(6)9)11-3-2-7-12-5-13-15-7/h4-5,11H,2-3H2,1H3,(H,17,19)(H,12,13,15). The molecule has 3 aromatic heterocycles. The summed E-state index contributed by atoms with van der Waals surface area (Å²) in [4.78, 5) is 19.8. The van der Waals surface area contributed by atoms with Crippen LogP contribution in [0.15, 0.2) is 17.2 Å².